The fourth-order valence-corrected chi connectivity index (χ4v) is 1.83. The van der Waals surface area contributed by atoms with E-state index in [2.05, 4.69) is 13.8 Å². The molecule has 0 aromatic rings. The molecule has 0 aliphatic carbocycles. The number of unbranched alkanes of at least 4 members (excludes halogenated alkanes) is 1. The number of hydrogen-bond acceptors (Lipinski definition) is 1. The molecule has 0 rings (SSSR count). The van der Waals surface area contributed by atoms with Crippen molar-refractivity contribution < 1.29 is 54.3 Å². The van der Waals surface area contributed by atoms with Crippen molar-refractivity contribution in [3.63, 3.8) is 0 Å². The second-order valence-corrected chi connectivity index (χ2v) is 3.82. The fourth-order valence-electron chi connectivity index (χ4n) is 0.971. The van der Waals surface area contributed by atoms with Crippen molar-refractivity contribution in [3.05, 3.63) is 0 Å². The van der Waals surface area contributed by atoms with Crippen LogP contribution in [0.4, 0.5) is 0 Å². The summed E-state index contributed by atoms with van der Waals surface area (Å²) in [4.78, 5) is 10.9. The fraction of sp³-hybridized carbons (Fsp3) is 0.875. The normalized spacial score (nSPS) is 11.0. The van der Waals surface area contributed by atoms with Crippen LogP contribution in [0.15, 0.2) is 0 Å². The number of rotatable bonds is 5. The van der Waals surface area contributed by atoms with Crippen LogP contribution in [0.1, 0.15) is 39.5 Å². The van der Waals surface area contributed by atoms with Gasteiger partial charge in [0.2, 0.25) is 0 Å². The van der Waals surface area contributed by atoms with E-state index < -0.39 is 0 Å². The van der Waals surface area contributed by atoms with Crippen molar-refractivity contribution in [2.45, 2.75) is 39.5 Å². The SMILES string of the molecule is CCCCC(CC)[C](=O)[Zr+2].[Cl-].[Cl-]. The van der Waals surface area contributed by atoms with Gasteiger partial charge < -0.3 is 24.8 Å². The van der Waals surface area contributed by atoms with Crippen molar-refractivity contribution >= 4 is 3.49 Å². The van der Waals surface area contributed by atoms with Crippen LogP contribution < -0.4 is 24.8 Å². The van der Waals surface area contributed by atoms with Gasteiger partial charge in [-0.2, -0.15) is 0 Å². The van der Waals surface area contributed by atoms with Crippen LogP contribution in [0.2, 0.25) is 0 Å². The van der Waals surface area contributed by atoms with Gasteiger partial charge in [0, 0.05) is 0 Å². The molecule has 1 atom stereocenters. The molecule has 0 saturated carbocycles. The molecule has 0 bridgehead atoms. The van der Waals surface area contributed by atoms with E-state index in [0.29, 0.717) is 9.41 Å². The Balaban J connectivity index is -0.000000405. The molecule has 0 saturated heterocycles. The first-order chi connectivity index (χ1) is 4.72. The third-order valence-electron chi connectivity index (χ3n) is 1.77. The van der Waals surface area contributed by atoms with Gasteiger partial charge in [0.15, 0.2) is 0 Å². The van der Waals surface area contributed by atoms with Crippen LogP contribution in [-0.4, -0.2) is 3.49 Å². The zero-order chi connectivity index (χ0) is 7.98. The van der Waals surface area contributed by atoms with Gasteiger partial charge in [0.05, 0.1) is 0 Å². The number of carbonyl (C=O) groups excluding carboxylic acids is 1. The number of halogens is 2. The predicted octanol–water partition coefficient (Wildman–Crippen LogP) is -3.72. The topological polar surface area (TPSA) is 17.1 Å². The molecule has 0 aliphatic heterocycles. The summed E-state index contributed by atoms with van der Waals surface area (Å²) in [7, 11) is 0. The van der Waals surface area contributed by atoms with Crippen molar-refractivity contribution in [3.8, 4) is 0 Å². The minimum Gasteiger partial charge on any atom is -1.00 e. The summed E-state index contributed by atoms with van der Waals surface area (Å²) >= 11 is 1.08. The zero-order valence-corrected chi connectivity index (χ0v) is 11.5. The average Bonchev–Trinajstić information content (AvgIpc) is 1.89. The number of carbonyl (C=O) groups is 1. The maximum absolute atomic E-state index is 10.9. The van der Waals surface area contributed by atoms with Crippen LogP contribution in [0, 0.1) is 5.92 Å². The molecule has 0 aliphatic rings. The van der Waals surface area contributed by atoms with Crippen LogP contribution >= 0.6 is 0 Å². The van der Waals surface area contributed by atoms with Gasteiger partial charge in [-0.25, -0.2) is 0 Å². The van der Waals surface area contributed by atoms with E-state index in [1.807, 2.05) is 0 Å². The van der Waals surface area contributed by atoms with Gasteiger partial charge in [0.25, 0.3) is 0 Å². The summed E-state index contributed by atoms with van der Waals surface area (Å²) in [5.74, 6) is 0.373. The quantitative estimate of drug-likeness (QED) is 0.509. The van der Waals surface area contributed by atoms with Crippen LogP contribution in [0.5, 0.6) is 0 Å². The summed E-state index contributed by atoms with van der Waals surface area (Å²) in [6.07, 6.45) is 4.56. The third-order valence-corrected chi connectivity index (χ3v) is 2.77. The molecule has 0 heterocycles. The van der Waals surface area contributed by atoms with Gasteiger partial charge in [-0.15, -0.1) is 0 Å². The minimum absolute atomic E-state index is 0. The second-order valence-electron chi connectivity index (χ2n) is 2.61. The third kappa shape index (κ3) is 9.22. The molecule has 1 unspecified atom stereocenters. The molecule has 1 nitrogen and oxygen atoms in total. The van der Waals surface area contributed by atoms with E-state index in [1.54, 1.807) is 0 Å². The van der Waals surface area contributed by atoms with Gasteiger partial charge in [-0.3, -0.25) is 0 Å². The summed E-state index contributed by atoms with van der Waals surface area (Å²) in [6.45, 7) is 4.27. The van der Waals surface area contributed by atoms with Crippen molar-refractivity contribution in [2.24, 2.45) is 5.92 Å². The standard InChI is InChI=1S/C8H15O.2ClH.Zr/c1-3-5-6-8(4-2)7-9;;;/h8H,3-6H2,1-2H3;2*1H;/q;;;+2/p-2. The van der Waals surface area contributed by atoms with E-state index in [9.17, 15) is 4.79 Å². The summed E-state index contributed by atoms with van der Waals surface area (Å²) in [5, 5.41) is 0. The maximum atomic E-state index is 10.9. The molecule has 4 heteroatoms. The molecule has 71 valence electrons. The molecule has 0 radical (unpaired) electrons. The molecule has 0 aromatic carbocycles. The van der Waals surface area contributed by atoms with Crippen molar-refractivity contribution in [1.29, 1.82) is 0 Å². The molecule has 0 aromatic heterocycles. The first-order valence-electron chi connectivity index (χ1n) is 3.97. The predicted molar refractivity (Wildman–Crippen MR) is 38.3 cm³/mol. The molecular formula is C8H15Cl2OZr. The molecule has 0 N–H and O–H groups in total. The Labute approximate surface area is 103 Å². The van der Waals surface area contributed by atoms with Crippen molar-refractivity contribution in [2.75, 3.05) is 0 Å². The van der Waals surface area contributed by atoms with E-state index in [1.165, 1.54) is 12.8 Å². The Morgan fingerprint density at radius 3 is 2.08 bits per heavy atom. The zero-order valence-electron chi connectivity index (χ0n) is 7.57. The molecular weight excluding hydrogens is 274 g/mol. The summed E-state index contributed by atoms with van der Waals surface area (Å²) < 4.78 is 0.447. The Morgan fingerprint density at radius 2 is 1.83 bits per heavy atom. The van der Waals surface area contributed by atoms with Crippen LogP contribution in [0.3, 0.4) is 0 Å². The Bertz CT molecular complexity index is 109. The summed E-state index contributed by atoms with van der Waals surface area (Å²) in [6, 6.07) is 0. The van der Waals surface area contributed by atoms with Gasteiger partial charge in [0.1, 0.15) is 0 Å². The van der Waals surface area contributed by atoms with E-state index in [4.69, 9.17) is 0 Å². The number of hydrogen-bond donors (Lipinski definition) is 0. The van der Waals surface area contributed by atoms with E-state index in [0.717, 1.165) is 37.6 Å². The van der Waals surface area contributed by atoms with Gasteiger partial charge >= 0.3 is 78.5 Å². The Hall–Kier alpha value is 1.13. The largest absolute Gasteiger partial charge is 1.00 e. The van der Waals surface area contributed by atoms with Crippen molar-refractivity contribution in [1.82, 2.24) is 0 Å². The molecule has 0 spiro atoms. The minimum atomic E-state index is 0. The first kappa shape index (κ1) is 18.8. The van der Waals surface area contributed by atoms with Crippen LogP contribution in [-0.2, 0) is 29.5 Å². The smallest absolute Gasteiger partial charge is 1.00 e. The van der Waals surface area contributed by atoms with Gasteiger partial charge in [-0.05, 0) is 0 Å². The maximum Gasteiger partial charge on any atom is -1.00 e. The van der Waals surface area contributed by atoms with E-state index in [-0.39, 0.29) is 24.8 Å². The average molecular weight is 289 g/mol. The second kappa shape index (κ2) is 12.1. The monoisotopic (exact) mass is 287 g/mol. The first-order valence-corrected chi connectivity index (χ1v) is 5.20. The van der Waals surface area contributed by atoms with Crippen LogP contribution in [0.25, 0.3) is 0 Å². The Kier molecular flexibility index (Phi) is 19.0. The molecule has 0 amide bonds. The van der Waals surface area contributed by atoms with Gasteiger partial charge in [-0.1, -0.05) is 0 Å². The molecule has 0 fully saturated rings. The Morgan fingerprint density at radius 1 is 1.33 bits per heavy atom. The molecule has 12 heavy (non-hydrogen) atoms. The summed E-state index contributed by atoms with van der Waals surface area (Å²) in [5.41, 5.74) is 0. The van der Waals surface area contributed by atoms with E-state index >= 15 is 0 Å².